The summed E-state index contributed by atoms with van der Waals surface area (Å²) in [5.74, 6) is -3.01. The lowest BCUT2D eigenvalue weighted by Gasteiger charge is -2.32. The SMILES string of the molecule is COc1c(C(=O)N2CCC(c3ccc(NC(=O)CCc4cccc([N+](=O)[O-])c4)cc3)CC2)ccc(F)c1F. The van der Waals surface area contributed by atoms with E-state index in [2.05, 4.69) is 5.32 Å². The molecule has 1 saturated heterocycles. The summed E-state index contributed by atoms with van der Waals surface area (Å²) in [6, 6.07) is 15.9. The summed E-state index contributed by atoms with van der Waals surface area (Å²) in [6.07, 6.45) is 1.98. The second kappa shape index (κ2) is 11.8. The van der Waals surface area contributed by atoms with Crippen LogP contribution in [0.5, 0.6) is 5.75 Å². The molecule has 1 aliphatic rings. The zero-order valence-corrected chi connectivity index (χ0v) is 20.8. The number of non-ortho nitro benzene ring substituents is 1. The van der Waals surface area contributed by atoms with Crippen molar-refractivity contribution in [3.8, 4) is 5.75 Å². The van der Waals surface area contributed by atoms with E-state index in [9.17, 15) is 28.5 Å². The summed E-state index contributed by atoms with van der Waals surface area (Å²) in [5, 5.41) is 13.7. The van der Waals surface area contributed by atoms with E-state index in [1.165, 1.54) is 25.3 Å². The summed E-state index contributed by atoms with van der Waals surface area (Å²) in [4.78, 5) is 37.3. The van der Waals surface area contributed by atoms with Crippen molar-refractivity contribution in [2.45, 2.75) is 31.6 Å². The van der Waals surface area contributed by atoms with Crippen LogP contribution in [0.15, 0.2) is 60.7 Å². The molecule has 2 amide bonds. The van der Waals surface area contributed by atoms with Crippen LogP contribution in [0.3, 0.4) is 0 Å². The normalized spacial score (nSPS) is 13.7. The Kier molecular flexibility index (Phi) is 8.30. The topological polar surface area (TPSA) is 102 Å². The average Bonchev–Trinajstić information content (AvgIpc) is 2.93. The fourth-order valence-corrected chi connectivity index (χ4v) is 4.63. The minimum Gasteiger partial charge on any atom is -0.493 e. The van der Waals surface area contributed by atoms with Gasteiger partial charge in [-0.1, -0.05) is 24.3 Å². The van der Waals surface area contributed by atoms with Crippen molar-refractivity contribution in [2.24, 2.45) is 0 Å². The van der Waals surface area contributed by atoms with Crippen LogP contribution in [0.25, 0.3) is 0 Å². The number of amides is 2. The number of nitrogens with one attached hydrogen (secondary N) is 1. The Morgan fingerprint density at radius 2 is 1.79 bits per heavy atom. The van der Waals surface area contributed by atoms with E-state index in [4.69, 9.17) is 4.74 Å². The molecule has 0 saturated carbocycles. The van der Waals surface area contributed by atoms with Crippen LogP contribution in [-0.2, 0) is 11.2 Å². The van der Waals surface area contributed by atoms with Gasteiger partial charge in [0.1, 0.15) is 0 Å². The summed E-state index contributed by atoms with van der Waals surface area (Å²) < 4.78 is 32.5. The zero-order chi connectivity index (χ0) is 27.2. The molecule has 0 bridgehead atoms. The summed E-state index contributed by atoms with van der Waals surface area (Å²) in [6.45, 7) is 0.920. The first-order valence-electron chi connectivity index (χ1n) is 12.2. The molecule has 10 heteroatoms. The van der Waals surface area contributed by atoms with Crippen LogP contribution < -0.4 is 10.1 Å². The van der Waals surface area contributed by atoms with E-state index in [0.717, 1.165) is 17.2 Å². The van der Waals surface area contributed by atoms with E-state index < -0.39 is 22.5 Å². The first kappa shape index (κ1) is 26.7. The van der Waals surface area contributed by atoms with Gasteiger partial charge >= 0.3 is 0 Å². The number of likely N-dealkylation sites (tertiary alicyclic amines) is 1. The number of nitro benzene ring substituents is 1. The van der Waals surface area contributed by atoms with Crippen molar-refractivity contribution >= 4 is 23.2 Å². The van der Waals surface area contributed by atoms with E-state index in [1.54, 1.807) is 17.0 Å². The molecule has 1 heterocycles. The highest BCUT2D eigenvalue weighted by molar-refractivity contribution is 5.97. The van der Waals surface area contributed by atoms with Gasteiger partial charge in [-0.2, -0.15) is 4.39 Å². The molecule has 1 N–H and O–H groups in total. The van der Waals surface area contributed by atoms with Crippen molar-refractivity contribution in [2.75, 3.05) is 25.5 Å². The molecule has 0 aromatic heterocycles. The number of carbonyl (C=O) groups excluding carboxylic acids is 2. The Labute approximate surface area is 218 Å². The number of halogens is 2. The van der Waals surface area contributed by atoms with Crippen molar-refractivity contribution in [3.63, 3.8) is 0 Å². The number of ether oxygens (including phenoxy) is 1. The van der Waals surface area contributed by atoms with E-state index in [1.807, 2.05) is 24.3 Å². The van der Waals surface area contributed by atoms with Crippen molar-refractivity contribution in [1.82, 2.24) is 4.90 Å². The van der Waals surface area contributed by atoms with Gasteiger partial charge in [-0.15, -0.1) is 0 Å². The molecule has 1 aliphatic heterocycles. The van der Waals surface area contributed by atoms with Gasteiger partial charge in [0.25, 0.3) is 11.6 Å². The second-order valence-electron chi connectivity index (χ2n) is 9.11. The Bertz CT molecular complexity index is 1340. The predicted molar refractivity (Wildman–Crippen MR) is 137 cm³/mol. The number of hydrogen-bond donors (Lipinski definition) is 1. The number of anilines is 1. The minimum atomic E-state index is -1.18. The molecule has 38 heavy (non-hydrogen) atoms. The third kappa shape index (κ3) is 6.13. The number of carbonyl (C=O) groups is 2. The summed E-state index contributed by atoms with van der Waals surface area (Å²) in [7, 11) is 1.20. The number of aryl methyl sites for hydroxylation is 1. The van der Waals surface area contributed by atoms with Crippen LogP contribution in [0.4, 0.5) is 20.2 Å². The quantitative estimate of drug-likeness (QED) is 0.312. The Balaban J connectivity index is 1.29. The number of nitrogens with zero attached hydrogens (tertiary/aromatic N) is 2. The number of nitro groups is 1. The van der Waals surface area contributed by atoms with Gasteiger partial charge in [0.15, 0.2) is 11.6 Å². The molecule has 0 spiro atoms. The van der Waals surface area contributed by atoms with Gasteiger partial charge in [-0.3, -0.25) is 19.7 Å². The standard InChI is InChI=1S/C28H27F2N3O5/c1-38-27-23(10-11-24(29)26(27)30)28(35)32-15-13-20(14-16-32)19-6-8-21(9-7-19)31-25(34)12-5-18-3-2-4-22(17-18)33(36)37/h2-4,6-11,17,20H,5,12-16H2,1H3,(H,31,34). The monoisotopic (exact) mass is 523 g/mol. The molecule has 3 aromatic carbocycles. The number of hydrogen-bond acceptors (Lipinski definition) is 5. The molecule has 0 aliphatic carbocycles. The van der Waals surface area contributed by atoms with E-state index in [0.29, 0.717) is 38.0 Å². The van der Waals surface area contributed by atoms with Gasteiger partial charge in [-0.25, -0.2) is 4.39 Å². The molecule has 0 atom stereocenters. The summed E-state index contributed by atoms with van der Waals surface area (Å²) >= 11 is 0. The van der Waals surface area contributed by atoms with E-state index in [-0.39, 0.29) is 35.2 Å². The maximum absolute atomic E-state index is 14.0. The van der Waals surface area contributed by atoms with E-state index >= 15 is 0 Å². The van der Waals surface area contributed by atoms with Gasteiger partial charge in [0.05, 0.1) is 17.6 Å². The van der Waals surface area contributed by atoms with Gasteiger partial charge < -0.3 is 15.0 Å². The number of piperidine rings is 1. The van der Waals surface area contributed by atoms with Crippen LogP contribution in [0, 0.1) is 21.7 Å². The number of rotatable bonds is 8. The summed E-state index contributed by atoms with van der Waals surface area (Å²) in [5.41, 5.74) is 2.44. The van der Waals surface area contributed by atoms with Crippen LogP contribution in [-0.4, -0.2) is 41.8 Å². The first-order valence-corrected chi connectivity index (χ1v) is 12.2. The maximum Gasteiger partial charge on any atom is 0.269 e. The zero-order valence-electron chi connectivity index (χ0n) is 20.8. The lowest BCUT2D eigenvalue weighted by atomic mass is 9.89. The molecule has 1 fully saturated rings. The number of methoxy groups -OCH3 is 1. The molecule has 4 rings (SSSR count). The molecule has 0 unspecified atom stereocenters. The van der Waals surface area contributed by atoms with Gasteiger partial charge in [0, 0.05) is 37.3 Å². The van der Waals surface area contributed by atoms with Crippen molar-refractivity contribution < 1.29 is 28.0 Å². The van der Waals surface area contributed by atoms with Crippen molar-refractivity contribution in [3.05, 3.63) is 99.1 Å². The maximum atomic E-state index is 14.0. The molecular weight excluding hydrogens is 496 g/mol. The van der Waals surface area contributed by atoms with Crippen LogP contribution in [0.2, 0.25) is 0 Å². The smallest absolute Gasteiger partial charge is 0.269 e. The van der Waals surface area contributed by atoms with Gasteiger partial charge in [0.2, 0.25) is 11.7 Å². The van der Waals surface area contributed by atoms with Gasteiger partial charge in [-0.05, 0) is 60.6 Å². The van der Waals surface area contributed by atoms with Crippen LogP contribution in [0.1, 0.15) is 46.7 Å². The minimum absolute atomic E-state index is 0.00206. The lowest BCUT2D eigenvalue weighted by molar-refractivity contribution is -0.384. The third-order valence-electron chi connectivity index (χ3n) is 6.69. The molecule has 198 valence electrons. The largest absolute Gasteiger partial charge is 0.493 e. The fourth-order valence-electron chi connectivity index (χ4n) is 4.63. The Morgan fingerprint density at radius 1 is 1.08 bits per heavy atom. The predicted octanol–water partition coefficient (Wildman–Crippen LogP) is 5.47. The molecule has 8 nitrogen and oxygen atoms in total. The lowest BCUT2D eigenvalue weighted by Crippen LogP contribution is -2.38. The fraction of sp³-hybridized carbons (Fsp3) is 0.286. The average molecular weight is 524 g/mol. The Morgan fingerprint density at radius 3 is 2.45 bits per heavy atom. The highest BCUT2D eigenvalue weighted by atomic mass is 19.2. The highest BCUT2D eigenvalue weighted by Crippen LogP contribution is 2.32. The van der Waals surface area contributed by atoms with Crippen LogP contribution >= 0.6 is 0 Å². The molecular formula is C28H27F2N3O5. The molecule has 3 aromatic rings. The first-order chi connectivity index (χ1) is 18.3. The van der Waals surface area contributed by atoms with Crippen molar-refractivity contribution in [1.29, 1.82) is 0 Å². The third-order valence-corrected chi connectivity index (χ3v) is 6.69. The Hall–Kier alpha value is -4.34. The molecule has 0 radical (unpaired) electrons. The number of benzene rings is 3. The highest BCUT2D eigenvalue weighted by Gasteiger charge is 2.28. The second-order valence-corrected chi connectivity index (χ2v) is 9.11.